The van der Waals surface area contributed by atoms with Crippen LogP contribution in [0, 0.1) is 0 Å². The first kappa shape index (κ1) is 21.1. The second-order valence-electron chi connectivity index (χ2n) is 6.75. The molecule has 0 spiro atoms. The van der Waals surface area contributed by atoms with Crippen molar-refractivity contribution in [2.24, 2.45) is 7.05 Å². The van der Waals surface area contributed by atoms with E-state index in [1.54, 1.807) is 7.11 Å². The monoisotopic (exact) mass is 451 g/mol. The molecule has 1 N–H and O–H groups in total. The van der Waals surface area contributed by atoms with Gasteiger partial charge in [-0.3, -0.25) is 4.79 Å². The van der Waals surface area contributed by atoms with Crippen LogP contribution in [0.4, 0.5) is 5.13 Å². The SMILES string of the molecule is COc1ccc(-c2nnc(S[C@H](C)C(=O)Nc3nc(-c4ccccc4)cs3)n2C)cc1. The molecule has 2 aromatic carbocycles. The van der Waals surface area contributed by atoms with Gasteiger partial charge < -0.3 is 14.6 Å². The number of nitrogens with zero attached hydrogens (tertiary/aromatic N) is 4. The average Bonchev–Trinajstić information content (AvgIpc) is 3.41. The van der Waals surface area contributed by atoms with Crippen LogP contribution in [-0.4, -0.2) is 38.0 Å². The standard InChI is InChI=1S/C22H21N5O2S2/c1-14(20(28)24-21-23-18(13-30-21)15-7-5-4-6-8-15)31-22-26-25-19(27(22)2)16-9-11-17(29-3)12-10-16/h4-14H,1-3H3,(H,23,24,28)/t14-/m1/s1. The number of carbonyl (C=O) groups is 1. The molecule has 0 bridgehead atoms. The summed E-state index contributed by atoms with van der Waals surface area (Å²) in [6.45, 7) is 1.84. The first-order chi connectivity index (χ1) is 15.0. The van der Waals surface area contributed by atoms with Crippen LogP contribution in [0.3, 0.4) is 0 Å². The molecule has 1 amide bonds. The molecule has 0 saturated carbocycles. The highest BCUT2D eigenvalue weighted by molar-refractivity contribution is 8.00. The second kappa shape index (κ2) is 9.32. The molecule has 4 aromatic rings. The lowest BCUT2D eigenvalue weighted by atomic mass is 10.2. The van der Waals surface area contributed by atoms with Crippen molar-refractivity contribution in [2.45, 2.75) is 17.3 Å². The van der Waals surface area contributed by atoms with E-state index in [0.717, 1.165) is 28.4 Å². The molecule has 0 unspecified atom stereocenters. The zero-order chi connectivity index (χ0) is 21.8. The van der Waals surface area contributed by atoms with E-state index in [9.17, 15) is 4.79 Å². The van der Waals surface area contributed by atoms with Gasteiger partial charge in [0.2, 0.25) is 5.91 Å². The molecule has 0 aliphatic heterocycles. The summed E-state index contributed by atoms with van der Waals surface area (Å²) in [7, 11) is 3.52. The van der Waals surface area contributed by atoms with Crippen molar-refractivity contribution in [3.05, 3.63) is 60.0 Å². The molecule has 0 aliphatic rings. The van der Waals surface area contributed by atoms with Gasteiger partial charge in [0, 0.05) is 23.6 Å². The number of amides is 1. The number of hydrogen-bond donors (Lipinski definition) is 1. The molecule has 31 heavy (non-hydrogen) atoms. The summed E-state index contributed by atoms with van der Waals surface area (Å²) in [5.74, 6) is 1.38. The molecule has 1 atom stereocenters. The second-order valence-corrected chi connectivity index (χ2v) is 8.91. The van der Waals surface area contributed by atoms with E-state index >= 15 is 0 Å². The summed E-state index contributed by atoms with van der Waals surface area (Å²) in [6.07, 6.45) is 0. The fourth-order valence-corrected chi connectivity index (χ4v) is 4.44. The van der Waals surface area contributed by atoms with Crippen LogP contribution in [0.25, 0.3) is 22.6 Å². The summed E-state index contributed by atoms with van der Waals surface area (Å²) < 4.78 is 7.08. The molecular weight excluding hydrogens is 430 g/mol. The van der Waals surface area contributed by atoms with Gasteiger partial charge in [0.05, 0.1) is 18.1 Å². The molecule has 158 valence electrons. The van der Waals surface area contributed by atoms with Gasteiger partial charge in [-0.25, -0.2) is 4.98 Å². The van der Waals surface area contributed by atoms with Gasteiger partial charge in [-0.2, -0.15) is 0 Å². The summed E-state index contributed by atoms with van der Waals surface area (Å²) >= 11 is 2.76. The Kier molecular flexibility index (Phi) is 6.34. The van der Waals surface area contributed by atoms with E-state index in [1.165, 1.54) is 23.1 Å². The van der Waals surface area contributed by atoms with Crippen molar-refractivity contribution < 1.29 is 9.53 Å². The molecule has 0 aliphatic carbocycles. The summed E-state index contributed by atoms with van der Waals surface area (Å²) in [5.41, 5.74) is 2.79. The smallest absolute Gasteiger partial charge is 0.239 e. The number of benzene rings is 2. The van der Waals surface area contributed by atoms with E-state index < -0.39 is 0 Å². The number of nitrogens with one attached hydrogen (secondary N) is 1. The number of aromatic nitrogens is 4. The molecule has 2 aromatic heterocycles. The maximum atomic E-state index is 12.7. The van der Waals surface area contributed by atoms with E-state index in [-0.39, 0.29) is 11.2 Å². The van der Waals surface area contributed by atoms with Gasteiger partial charge in [0.25, 0.3) is 0 Å². The van der Waals surface area contributed by atoms with Gasteiger partial charge in [0.15, 0.2) is 16.1 Å². The van der Waals surface area contributed by atoms with Crippen molar-refractivity contribution in [1.82, 2.24) is 19.7 Å². The highest BCUT2D eigenvalue weighted by Crippen LogP contribution is 2.28. The number of carbonyl (C=O) groups excluding carboxylic acids is 1. The van der Waals surface area contributed by atoms with Crippen LogP contribution in [-0.2, 0) is 11.8 Å². The number of thioether (sulfide) groups is 1. The minimum atomic E-state index is -0.365. The number of hydrogen-bond acceptors (Lipinski definition) is 7. The topological polar surface area (TPSA) is 81.9 Å². The lowest BCUT2D eigenvalue weighted by Crippen LogP contribution is -2.22. The Balaban J connectivity index is 1.41. The Morgan fingerprint density at radius 2 is 1.84 bits per heavy atom. The Labute approximate surface area is 188 Å². The predicted molar refractivity (Wildman–Crippen MR) is 124 cm³/mol. The van der Waals surface area contributed by atoms with Crippen LogP contribution in [0.5, 0.6) is 5.75 Å². The number of methoxy groups -OCH3 is 1. The van der Waals surface area contributed by atoms with E-state index in [1.807, 2.05) is 78.5 Å². The molecule has 7 nitrogen and oxygen atoms in total. The van der Waals surface area contributed by atoms with E-state index in [2.05, 4.69) is 20.5 Å². The lowest BCUT2D eigenvalue weighted by molar-refractivity contribution is -0.115. The predicted octanol–water partition coefficient (Wildman–Crippen LogP) is 4.73. The first-order valence-corrected chi connectivity index (χ1v) is 11.3. The third kappa shape index (κ3) is 4.78. The number of thiazole rings is 1. The Morgan fingerprint density at radius 1 is 1.10 bits per heavy atom. The Morgan fingerprint density at radius 3 is 2.55 bits per heavy atom. The van der Waals surface area contributed by atoms with Crippen LogP contribution in [0.1, 0.15) is 6.92 Å². The molecule has 0 fully saturated rings. The fraction of sp³-hybridized carbons (Fsp3) is 0.182. The highest BCUT2D eigenvalue weighted by Gasteiger charge is 2.20. The van der Waals surface area contributed by atoms with Crippen LogP contribution >= 0.6 is 23.1 Å². The Bertz CT molecular complexity index is 1170. The van der Waals surface area contributed by atoms with E-state index in [4.69, 9.17) is 4.74 Å². The van der Waals surface area contributed by atoms with Gasteiger partial charge >= 0.3 is 0 Å². The van der Waals surface area contributed by atoms with Crippen LogP contribution < -0.4 is 10.1 Å². The molecule has 4 rings (SSSR count). The quantitative estimate of drug-likeness (QED) is 0.409. The van der Waals surface area contributed by atoms with Crippen molar-refractivity contribution in [1.29, 1.82) is 0 Å². The van der Waals surface area contributed by atoms with Crippen LogP contribution in [0.15, 0.2) is 65.1 Å². The molecule has 2 heterocycles. The highest BCUT2D eigenvalue weighted by atomic mass is 32.2. The molecule has 0 saturated heterocycles. The van der Waals surface area contributed by atoms with Crippen LogP contribution in [0.2, 0.25) is 0 Å². The maximum absolute atomic E-state index is 12.7. The third-order valence-corrected chi connectivity index (χ3v) is 6.53. The fourth-order valence-electron chi connectivity index (χ4n) is 2.90. The normalized spacial score (nSPS) is 11.8. The van der Waals surface area contributed by atoms with Crippen molar-refractivity contribution in [3.63, 3.8) is 0 Å². The van der Waals surface area contributed by atoms with Gasteiger partial charge in [-0.1, -0.05) is 42.1 Å². The first-order valence-electron chi connectivity index (χ1n) is 9.57. The lowest BCUT2D eigenvalue weighted by Gasteiger charge is -2.10. The molecular formula is C22H21N5O2S2. The number of rotatable bonds is 7. The zero-order valence-electron chi connectivity index (χ0n) is 17.3. The minimum absolute atomic E-state index is 0.132. The molecule has 9 heteroatoms. The van der Waals surface area contributed by atoms with E-state index in [0.29, 0.717) is 10.3 Å². The minimum Gasteiger partial charge on any atom is -0.497 e. The summed E-state index contributed by atoms with van der Waals surface area (Å²) in [5, 5.41) is 14.3. The average molecular weight is 452 g/mol. The summed E-state index contributed by atoms with van der Waals surface area (Å²) in [4.78, 5) is 17.2. The third-order valence-electron chi connectivity index (χ3n) is 4.64. The van der Waals surface area contributed by atoms with Crippen molar-refractivity contribution >= 4 is 34.1 Å². The Hall–Kier alpha value is -3.17. The number of ether oxygens (including phenoxy) is 1. The number of anilines is 1. The van der Waals surface area contributed by atoms with Crippen molar-refractivity contribution in [2.75, 3.05) is 12.4 Å². The van der Waals surface area contributed by atoms with Gasteiger partial charge in [-0.15, -0.1) is 21.5 Å². The zero-order valence-corrected chi connectivity index (χ0v) is 18.9. The summed E-state index contributed by atoms with van der Waals surface area (Å²) in [6, 6.07) is 17.5. The van der Waals surface area contributed by atoms with Gasteiger partial charge in [0.1, 0.15) is 5.75 Å². The van der Waals surface area contributed by atoms with Crippen molar-refractivity contribution in [3.8, 4) is 28.4 Å². The molecule has 0 radical (unpaired) electrons. The maximum Gasteiger partial charge on any atom is 0.239 e. The van der Waals surface area contributed by atoms with Gasteiger partial charge in [-0.05, 0) is 31.2 Å². The largest absolute Gasteiger partial charge is 0.497 e.